The van der Waals surface area contributed by atoms with Gasteiger partial charge in [-0.25, -0.2) is 0 Å². The number of halogens is 2. The quantitative estimate of drug-likeness (QED) is 0.603. The Hall–Kier alpha value is -1.62. The highest BCUT2D eigenvalue weighted by molar-refractivity contribution is 5.29. The lowest BCUT2D eigenvalue weighted by atomic mass is 10.0. The predicted molar refractivity (Wildman–Crippen MR) is 89.0 cm³/mol. The first-order valence-electron chi connectivity index (χ1n) is 8.04. The Morgan fingerprint density at radius 1 is 1.08 bits per heavy atom. The summed E-state index contributed by atoms with van der Waals surface area (Å²) in [4.78, 5) is 0. The standard InChI is InChI=1S/C19H24FNO2.ClH/c1-15(21-13-5-12-20)19(22)17-8-10-18(11-9-17)23-14-16-6-3-2-4-7-16;/h2-4,6-11,15,19,21-22H,5,12-14H2,1H3;1H. The van der Waals surface area contributed by atoms with Gasteiger partial charge in [0, 0.05) is 6.42 Å². The molecule has 0 heterocycles. The van der Waals surface area contributed by atoms with E-state index in [1.54, 1.807) is 0 Å². The fourth-order valence-electron chi connectivity index (χ4n) is 2.39. The van der Waals surface area contributed by atoms with Gasteiger partial charge >= 0.3 is 0 Å². The second-order valence-electron chi connectivity index (χ2n) is 5.71. The second kappa shape index (κ2) is 11.0. The molecule has 24 heavy (non-hydrogen) atoms. The third-order valence-electron chi connectivity index (χ3n) is 3.84. The van der Waals surface area contributed by atoms with Gasteiger partial charge in [-0.1, -0.05) is 42.5 Å². The second-order valence-corrected chi connectivity index (χ2v) is 5.71. The fourth-order valence-corrected chi connectivity index (χ4v) is 2.39. The minimum absolute atomic E-state index is 0. The molecule has 2 aromatic carbocycles. The van der Waals surface area contributed by atoms with Crippen LogP contribution in [0.4, 0.5) is 4.39 Å². The lowest BCUT2D eigenvalue weighted by molar-refractivity contribution is -0.694. The minimum atomic E-state index is -0.571. The van der Waals surface area contributed by atoms with E-state index in [0.717, 1.165) is 16.9 Å². The van der Waals surface area contributed by atoms with E-state index in [0.29, 0.717) is 19.6 Å². The first-order chi connectivity index (χ1) is 11.2. The normalized spacial score (nSPS) is 13.0. The van der Waals surface area contributed by atoms with Gasteiger partial charge in [-0.2, -0.15) is 0 Å². The maximum Gasteiger partial charge on any atom is 0.130 e. The first kappa shape index (κ1) is 20.4. The molecule has 0 aliphatic heterocycles. The summed E-state index contributed by atoms with van der Waals surface area (Å²) >= 11 is 0. The molecule has 0 saturated carbocycles. The fraction of sp³-hybridized carbons (Fsp3) is 0.368. The van der Waals surface area contributed by atoms with Crippen molar-refractivity contribution >= 4 is 0 Å². The Morgan fingerprint density at radius 2 is 1.75 bits per heavy atom. The zero-order valence-corrected chi connectivity index (χ0v) is 14.6. The Kier molecular flexibility index (Phi) is 9.38. The van der Waals surface area contributed by atoms with Crippen molar-refractivity contribution in [2.45, 2.75) is 32.1 Å². The summed E-state index contributed by atoms with van der Waals surface area (Å²) in [6.07, 6.45) is -0.0543. The zero-order chi connectivity index (χ0) is 16.5. The SMILES string of the molecule is CC([NH2+]CCCF)C(O)c1ccc(OCc2ccccc2)cc1.[Cl-]. The summed E-state index contributed by atoms with van der Waals surface area (Å²) in [6.45, 7) is 2.85. The highest BCUT2D eigenvalue weighted by Crippen LogP contribution is 2.20. The van der Waals surface area contributed by atoms with Gasteiger partial charge in [0.15, 0.2) is 0 Å². The van der Waals surface area contributed by atoms with Crippen molar-refractivity contribution in [3.05, 3.63) is 65.7 Å². The first-order valence-corrected chi connectivity index (χ1v) is 8.04. The van der Waals surface area contributed by atoms with E-state index < -0.39 is 6.10 Å². The van der Waals surface area contributed by atoms with E-state index in [4.69, 9.17) is 4.74 Å². The topological polar surface area (TPSA) is 46.1 Å². The van der Waals surface area contributed by atoms with Crippen LogP contribution in [0.3, 0.4) is 0 Å². The summed E-state index contributed by atoms with van der Waals surface area (Å²) in [5.74, 6) is 0.777. The molecular formula is C19H25ClFNO2. The molecular weight excluding hydrogens is 329 g/mol. The number of quaternary nitrogens is 1. The average molecular weight is 354 g/mol. The van der Waals surface area contributed by atoms with E-state index in [9.17, 15) is 9.50 Å². The molecule has 2 aromatic rings. The molecule has 0 aromatic heterocycles. The van der Waals surface area contributed by atoms with Crippen LogP contribution in [0.1, 0.15) is 30.6 Å². The summed E-state index contributed by atoms with van der Waals surface area (Å²) < 4.78 is 17.8. The smallest absolute Gasteiger partial charge is 0.130 e. The van der Waals surface area contributed by atoms with Crippen LogP contribution in [0.25, 0.3) is 0 Å². The van der Waals surface area contributed by atoms with Crippen LogP contribution in [0, 0.1) is 0 Å². The van der Waals surface area contributed by atoms with Crippen molar-refractivity contribution in [1.29, 1.82) is 0 Å². The average Bonchev–Trinajstić information content (AvgIpc) is 2.61. The van der Waals surface area contributed by atoms with Crippen molar-refractivity contribution in [2.75, 3.05) is 13.2 Å². The third-order valence-corrected chi connectivity index (χ3v) is 3.84. The predicted octanol–water partition coefficient (Wildman–Crippen LogP) is -0.385. The number of hydrogen-bond acceptors (Lipinski definition) is 2. The molecule has 3 nitrogen and oxygen atoms in total. The summed E-state index contributed by atoms with van der Waals surface area (Å²) in [6, 6.07) is 17.5. The molecule has 5 heteroatoms. The van der Waals surface area contributed by atoms with Gasteiger partial charge in [-0.3, -0.25) is 4.39 Å². The summed E-state index contributed by atoms with van der Waals surface area (Å²) in [5.41, 5.74) is 1.97. The molecule has 0 fully saturated rings. The highest BCUT2D eigenvalue weighted by atomic mass is 35.5. The van der Waals surface area contributed by atoms with E-state index in [2.05, 4.69) is 0 Å². The van der Waals surface area contributed by atoms with Crippen molar-refractivity contribution in [1.82, 2.24) is 0 Å². The van der Waals surface area contributed by atoms with Gasteiger partial charge in [0.1, 0.15) is 24.5 Å². The molecule has 0 saturated heterocycles. The van der Waals surface area contributed by atoms with Crippen LogP contribution in [-0.2, 0) is 6.61 Å². The van der Waals surface area contributed by atoms with Crippen LogP contribution in [0.5, 0.6) is 5.75 Å². The molecule has 0 aliphatic rings. The Balaban J connectivity index is 0.00000288. The number of rotatable bonds is 9. The minimum Gasteiger partial charge on any atom is -1.00 e. The summed E-state index contributed by atoms with van der Waals surface area (Å²) in [5, 5.41) is 12.3. The van der Waals surface area contributed by atoms with Gasteiger partial charge in [0.05, 0.1) is 13.2 Å². The molecule has 0 amide bonds. The number of nitrogens with two attached hydrogens (primary N) is 1. The van der Waals surface area contributed by atoms with E-state index in [1.807, 2.05) is 66.8 Å². The molecule has 2 rings (SSSR count). The van der Waals surface area contributed by atoms with Crippen molar-refractivity contribution < 1.29 is 32.0 Å². The number of aliphatic hydroxyl groups is 1. The van der Waals surface area contributed by atoms with Gasteiger partial charge < -0.3 is 27.6 Å². The van der Waals surface area contributed by atoms with Crippen molar-refractivity contribution in [3.8, 4) is 5.75 Å². The molecule has 0 spiro atoms. The molecule has 3 N–H and O–H groups in total. The molecule has 0 radical (unpaired) electrons. The van der Waals surface area contributed by atoms with Crippen LogP contribution in [-0.4, -0.2) is 24.4 Å². The van der Waals surface area contributed by atoms with Gasteiger partial charge in [0.2, 0.25) is 0 Å². The Morgan fingerprint density at radius 3 is 2.38 bits per heavy atom. The third kappa shape index (κ3) is 6.48. The molecule has 2 unspecified atom stereocenters. The van der Waals surface area contributed by atoms with Crippen molar-refractivity contribution in [3.63, 3.8) is 0 Å². The van der Waals surface area contributed by atoms with Gasteiger partial charge in [0.25, 0.3) is 0 Å². The number of aliphatic hydroxyl groups excluding tert-OH is 1. The number of alkyl halides is 1. The maximum atomic E-state index is 12.1. The number of ether oxygens (including phenoxy) is 1. The maximum absolute atomic E-state index is 12.1. The number of benzene rings is 2. The van der Waals surface area contributed by atoms with Crippen LogP contribution < -0.4 is 22.5 Å². The van der Waals surface area contributed by atoms with Crippen molar-refractivity contribution in [2.24, 2.45) is 0 Å². The molecule has 2 atom stereocenters. The lowest BCUT2D eigenvalue weighted by Crippen LogP contribution is -3.00. The number of hydrogen-bond donors (Lipinski definition) is 2. The zero-order valence-electron chi connectivity index (χ0n) is 13.9. The van der Waals surface area contributed by atoms with Crippen LogP contribution in [0.2, 0.25) is 0 Å². The van der Waals surface area contributed by atoms with E-state index >= 15 is 0 Å². The Labute approximate surface area is 149 Å². The van der Waals surface area contributed by atoms with Gasteiger partial charge in [-0.15, -0.1) is 0 Å². The largest absolute Gasteiger partial charge is 1.00 e. The molecule has 0 bridgehead atoms. The highest BCUT2D eigenvalue weighted by Gasteiger charge is 2.18. The van der Waals surface area contributed by atoms with Crippen LogP contribution >= 0.6 is 0 Å². The Bertz CT molecular complexity index is 565. The van der Waals surface area contributed by atoms with E-state index in [-0.39, 0.29) is 25.1 Å². The molecule has 0 aliphatic carbocycles. The van der Waals surface area contributed by atoms with Gasteiger partial charge in [-0.05, 0) is 30.2 Å². The molecule has 132 valence electrons. The van der Waals surface area contributed by atoms with Crippen LogP contribution in [0.15, 0.2) is 54.6 Å². The lowest BCUT2D eigenvalue weighted by Gasteiger charge is -2.18. The monoisotopic (exact) mass is 353 g/mol. The van der Waals surface area contributed by atoms with E-state index in [1.165, 1.54) is 0 Å². The summed E-state index contributed by atoms with van der Waals surface area (Å²) in [7, 11) is 0.